The molecule has 6 rings (SSSR count). The molecule has 0 radical (unpaired) electrons. The molecule has 142 valence electrons. The Morgan fingerprint density at radius 2 is 2.11 bits per heavy atom. The predicted molar refractivity (Wildman–Crippen MR) is 98.0 cm³/mol. The molecule has 0 spiro atoms. The zero-order valence-corrected chi connectivity index (χ0v) is 15.7. The minimum atomic E-state index is 0.0476. The topological polar surface area (TPSA) is 72.8 Å². The maximum absolute atomic E-state index is 11.4. The van der Waals surface area contributed by atoms with Crippen LogP contribution in [-0.2, 0) is 9.53 Å². The van der Waals surface area contributed by atoms with Crippen LogP contribution in [0.2, 0.25) is 0 Å². The van der Waals surface area contributed by atoms with E-state index < -0.39 is 0 Å². The summed E-state index contributed by atoms with van der Waals surface area (Å²) in [7, 11) is 1.89. The van der Waals surface area contributed by atoms with Crippen molar-refractivity contribution in [3.05, 3.63) is 30.6 Å². The van der Waals surface area contributed by atoms with Gasteiger partial charge in [-0.05, 0) is 42.9 Å². The Balaban J connectivity index is 1.16. The number of epoxide rings is 1. The molecular weight excluding hydrogens is 344 g/mol. The van der Waals surface area contributed by atoms with E-state index >= 15 is 0 Å². The van der Waals surface area contributed by atoms with E-state index in [1.807, 2.05) is 34.8 Å². The van der Waals surface area contributed by atoms with E-state index in [1.54, 1.807) is 19.3 Å². The second-order valence-corrected chi connectivity index (χ2v) is 8.52. The minimum Gasteiger partial charge on any atom is -0.491 e. The molecule has 1 unspecified atom stereocenters. The fourth-order valence-corrected chi connectivity index (χ4v) is 4.95. The first-order valence-electron chi connectivity index (χ1n) is 9.44. The molecule has 0 N–H and O–H groups in total. The van der Waals surface area contributed by atoms with Crippen molar-refractivity contribution in [3.8, 4) is 17.1 Å². The van der Waals surface area contributed by atoms with Gasteiger partial charge in [0.05, 0.1) is 30.8 Å². The summed E-state index contributed by atoms with van der Waals surface area (Å²) in [5, 5.41) is 4.30. The molecule has 1 amide bonds. The maximum atomic E-state index is 11.4. The number of pyridine rings is 1. The number of hydrogen-bond acceptors (Lipinski definition) is 5. The largest absolute Gasteiger partial charge is 0.491 e. The lowest BCUT2D eigenvalue weighted by atomic mass is 9.35. The third kappa shape index (κ3) is 2.90. The van der Waals surface area contributed by atoms with Crippen molar-refractivity contribution in [2.45, 2.75) is 32.4 Å². The van der Waals surface area contributed by atoms with Gasteiger partial charge in [0.1, 0.15) is 5.75 Å². The summed E-state index contributed by atoms with van der Waals surface area (Å²) < 4.78 is 13.2. The molecule has 4 aliphatic rings. The molecule has 3 aliphatic carbocycles. The zero-order valence-electron chi connectivity index (χ0n) is 15.7. The van der Waals surface area contributed by atoms with E-state index in [9.17, 15) is 4.79 Å². The standard InChI is InChI=1S/C20H24N4O3/c1-14(25)23(2)12-19-9-20(10-19,11-19)13-27-15-3-4-16(21-7-15)17-5-6-22-24(17)18-8-26-18/h3-7,18H,8-13H2,1-2H3. The van der Waals surface area contributed by atoms with Gasteiger partial charge in [0.2, 0.25) is 5.91 Å². The Labute approximate surface area is 158 Å². The number of amides is 1. The first kappa shape index (κ1) is 16.7. The fourth-order valence-electron chi connectivity index (χ4n) is 4.95. The van der Waals surface area contributed by atoms with Crippen molar-refractivity contribution in [1.29, 1.82) is 0 Å². The van der Waals surface area contributed by atoms with Crippen LogP contribution in [0.5, 0.6) is 5.75 Å². The summed E-state index contributed by atoms with van der Waals surface area (Å²) >= 11 is 0. The molecule has 3 saturated carbocycles. The van der Waals surface area contributed by atoms with Crippen molar-refractivity contribution in [2.75, 3.05) is 26.8 Å². The quantitative estimate of drug-likeness (QED) is 0.702. The second kappa shape index (κ2) is 5.79. The van der Waals surface area contributed by atoms with Crippen LogP contribution >= 0.6 is 0 Å². The van der Waals surface area contributed by atoms with Crippen LogP contribution in [0.4, 0.5) is 0 Å². The van der Waals surface area contributed by atoms with E-state index in [0.717, 1.165) is 49.6 Å². The summed E-state index contributed by atoms with van der Waals surface area (Å²) in [5.74, 6) is 0.942. The van der Waals surface area contributed by atoms with Gasteiger partial charge in [-0.15, -0.1) is 0 Å². The molecule has 1 atom stereocenters. The zero-order chi connectivity index (χ0) is 18.6. The third-order valence-electron chi connectivity index (χ3n) is 6.16. The number of aromatic nitrogens is 3. The second-order valence-electron chi connectivity index (χ2n) is 8.52. The molecule has 2 bridgehead atoms. The third-order valence-corrected chi connectivity index (χ3v) is 6.16. The highest BCUT2D eigenvalue weighted by Gasteiger charge is 2.68. The van der Waals surface area contributed by atoms with Crippen LogP contribution in [0, 0.1) is 10.8 Å². The Hall–Kier alpha value is -2.41. The van der Waals surface area contributed by atoms with Crippen molar-refractivity contribution < 1.29 is 14.3 Å². The normalized spacial score (nSPS) is 30.2. The number of rotatable bonds is 7. The highest BCUT2D eigenvalue weighted by molar-refractivity contribution is 5.73. The van der Waals surface area contributed by atoms with Gasteiger partial charge in [-0.25, -0.2) is 4.68 Å². The van der Waals surface area contributed by atoms with Crippen LogP contribution in [0.25, 0.3) is 11.4 Å². The van der Waals surface area contributed by atoms with Gasteiger partial charge >= 0.3 is 0 Å². The smallest absolute Gasteiger partial charge is 0.219 e. The lowest BCUT2D eigenvalue weighted by Gasteiger charge is -2.71. The Morgan fingerprint density at radius 3 is 2.74 bits per heavy atom. The van der Waals surface area contributed by atoms with Crippen molar-refractivity contribution >= 4 is 5.91 Å². The Morgan fingerprint density at radius 1 is 1.33 bits per heavy atom. The van der Waals surface area contributed by atoms with Gasteiger partial charge in [0.15, 0.2) is 6.23 Å². The SMILES string of the molecule is CC(=O)N(C)CC12CC(COc3ccc(-c4ccnn4C4CO4)nc3)(C1)C2. The lowest BCUT2D eigenvalue weighted by Crippen LogP contribution is -2.67. The van der Waals surface area contributed by atoms with Gasteiger partial charge in [-0.1, -0.05) is 0 Å². The number of carbonyl (C=O) groups excluding carboxylic acids is 1. The average molecular weight is 368 g/mol. The van der Waals surface area contributed by atoms with Gasteiger partial charge in [-0.2, -0.15) is 5.10 Å². The number of carbonyl (C=O) groups is 1. The van der Waals surface area contributed by atoms with Crippen LogP contribution in [-0.4, -0.2) is 52.4 Å². The Kier molecular flexibility index (Phi) is 3.59. The van der Waals surface area contributed by atoms with E-state index in [0.29, 0.717) is 17.4 Å². The molecule has 1 saturated heterocycles. The Bertz CT molecular complexity index is 852. The molecule has 7 nitrogen and oxygen atoms in total. The van der Waals surface area contributed by atoms with Crippen LogP contribution in [0.3, 0.4) is 0 Å². The van der Waals surface area contributed by atoms with Gasteiger partial charge < -0.3 is 14.4 Å². The van der Waals surface area contributed by atoms with E-state index in [-0.39, 0.29) is 12.1 Å². The van der Waals surface area contributed by atoms with Gasteiger partial charge in [-0.3, -0.25) is 9.78 Å². The van der Waals surface area contributed by atoms with Crippen molar-refractivity contribution in [1.82, 2.24) is 19.7 Å². The molecule has 27 heavy (non-hydrogen) atoms. The van der Waals surface area contributed by atoms with Gasteiger partial charge in [0.25, 0.3) is 0 Å². The van der Waals surface area contributed by atoms with E-state index in [1.165, 1.54) is 0 Å². The highest BCUT2D eigenvalue weighted by atomic mass is 16.6. The number of hydrogen-bond donors (Lipinski definition) is 0. The summed E-state index contributed by atoms with van der Waals surface area (Å²) in [4.78, 5) is 17.8. The first-order chi connectivity index (χ1) is 13.0. The highest BCUT2D eigenvalue weighted by Crippen LogP contribution is 2.73. The van der Waals surface area contributed by atoms with Gasteiger partial charge in [0, 0.05) is 32.1 Å². The molecule has 0 aromatic carbocycles. The number of nitrogens with zero attached hydrogens (tertiary/aromatic N) is 4. The summed E-state index contributed by atoms with van der Waals surface area (Å²) in [5.41, 5.74) is 2.47. The monoisotopic (exact) mass is 368 g/mol. The predicted octanol–water partition coefficient (Wildman–Crippen LogP) is 2.50. The molecule has 7 heteroatoms. The fraction of sp³-hybridized carbons (Fsp3) is 0.550. The van der Waals surface area contributed by atoms with E-state index in [2.05, 4.69) is 10.1 Å². The summed E-state index contributed by atoms with van der Waals surface area (Å²) in [6, 6.07) is 5.89. The molecular formula is C20H24N4O3. The molecule has 2 aromatic rings. The average Bonchev–Trinajstić information content (AvgIpc) is 3.33. The first-order valence-corrected chi connectivity index (χ1v) is 9.44. The maximum Gasteiger partial charge on any atom is 0.219 e. The summed E-state index contributed by atoms with van der Waals surface area (Å²) in [6.45, 7) is 3.94. The van der Waals surface area contributed by atoms with E-state index in [4.69, 9.17) is 9.47 Å². The van der Waals surface area contributed by atoms with Crippen molar-refractivity contribution in [2.24, 2.45) is 10.8 Å². The molecule has 4 fully saturated rings. The molecule has 1 aliphatic heterocycles. The summed E-state index contributed by atoms with van der Waals surface area (Å²) in [6.07, 6.45) is 7.07. The number of ether oxygens (including phenoxy) is 2. The van der Waals surface area contributed by atoms with Crippen LogP contribution in [0.15, 0.2) is 30.6 Å². The van der Waals surface area contributed by atoms with Crippen LogP contribution < -0.4 is 4.74 Å². The lowest BCUT2D eigenvalue weighted by molar-refractivity contribution is -0.225. The van der Waals surface area contributed by atoms with Crippen LogP contribution in [0.1, 0.15) is 32.4 Å². The minimum absolute atomic E-state index is 0.0476. The van der Waals surface area contributed by atoms with Crippen molar-refractivity contribution in [3.63, 3.8) is 0 Å². The molecule has 3 heterocycles. The molecule has 2 aromatic heterocycles.